The lowest BCUT2D eigenvalue weighted by Crippen LogP contribution is -2.00. The van der Waals surface area contributed by atoms with E-state index in [-0.39, 0.29) is 0 Å². The molecule has 0 fully saturated rings. The van der Waals surface area contributed by atoms with Crippen molar-refractivity contribution in [2.75, 3.05) is 0 Å². The molecule has 0 aromatic carbocycles. The molecule has 0 aliphatic rings. The topological polar surface area (TPSA) is 53.1 Å². The summed E-state index contributed by atoms with van der Waals surface area (Å²) >= 11 is 0. The lowest BCUT2D eigenvalue weighted by Gasteiger charge is -2.02. The van der Waals surface area contributed by atoms with Crippen molar-refractivity contribution < 1.29 is 9.90 Å². The van der Waals surface area contributed by atoms with E-state index in [2.05, 4.69) is 4.98 Å². The van der Waals surface area contributed by atoms with E-state index in [1.807, 2.05) is 13.8 Å². The van der Waals surface area contributed by atoms with Crippen LogP contribution >= 0.6 is 0 Å². The van der Waals surface area contributed by atoms with Crippen LogP contribution in [0.4, 0.5) is 0 Å². The number of rotatable bonds is 2. The van der Waals surface area contributed by atoms with Crippen LogP contribution < -0.4 is 0 Å². The fraction of sp³-hybridized carbons (Fsp3) is 0.375. The Morgan fingerprint density at radius 1 is 1.64 bits per heavy atom. The average Bonchev–Trinajstić information content (AvgIpc) is 2.30. The summed E-state index contributed by atoms with van der Waals surface area (Å²) in [7, 11) is 0. The van der Waals surface area contributed by atoms with Gasteiger partial charge in [0.05, 0.1) is 0 Å². The maximum Gasteiger partial charge on any atom is 0.153 e. The zero-order valence-electron chi connectivity index (χ0n) is 6.59. The van der Waals surface area contributed by atoms with Crippen LogP contribution in [0.3, 0.4) is 0 Å². The van der Waals surface area contributed by atoms with Crippen molar-refractivity contribution in [3.05, 3.63) is 23.0 Å². The number of carbonyl (C=O) groups excluding carboxylic acids is 1. The zero-order chi connectivity index (χ0) is 8.43. The third-order valence-corrected chi connectivity index (χ3v) is 1.76. The maximum absolute atomic E-state index is 10.2. The Morgan fingerprint density at radius 3 is 2.64 bits per heavy atom. The van der Waals surface area contributed by atoms with Gasteiger partial charge in [0.25, 0.3) is 0 Å². The number of aryl methyl sites for hydroxylation is 2. The summed E-state index contributed by atoms with van der Waals surface area (Å²) in [6, 6.07) is 0. The van der Waals surface area contributed by atoms with E-state index in [1.54, 1.807) is 6.20 Å². The Labute approximate surface area is 65.1 Å². The van der Waals surface area contributed by atoms with E-state index in [0.717, 1.165) is 11.3 Å². The largest absolute Gasteiger partial charge is 0.381 e. The van der Waals surface area contributed by atoms with Crippen molar-refractivity contribution in [3.8, 4) is 0 Å². The molecule has 0 aliphatic carbocycles. The van der Waals surface area contributed by atoms with E-state index in [9.17, 15) is 9.90 Å². The van der Waals surface area contributed by atoms with E-state index in [1.165, 1.54) is 0 Å². The SMILES string of the molecule is Cc1c[nH]c(C)c1C(O)C=O. The van der Waals surface area contributed by atoms with Crippen molar-refractivity contribution in [1.82, 2.24) is 4.98 Å². The number of aromatic amines is 1. The smallest absolute Gasteiger partial charge is 0.153 e. The Bertz CT molecular complexity index is 246. The highest BCUT2D eigenvalue weighted by Crippen LogP contribution is 2.18. The Balaban J connectivity index is 3.09. The number of H-pyrrole nitrogens is 1. The second kappa shape index (κ2) is 2.88. The molecular formula is C8H11NO2. The van der Waals surface area contributed by atoms with Crippen LogP contribution in [0.5, 0.6) is 0 Å². The van der Waals surface area contributed by atoms with Gasteiger partial charge in [-0.1, -0.05) is 0 Å². The van der Waals surface area contributed by atoms with E-state index >= 15 is 0 Å². The maximum atomic E-state index is 10.2. The molecule has 0 saturated heterocycles. The normalized spacial score (nSPS) is 13.0. The van der Waals surface area contributed by atoms with Gasteiger partial charge in [-0.05, 0) is 19.4 Å². The van der Waals surface area contributed by atoms with Crippen molar-refractivity contribution in [2.45, 2.75) is 20.0 Å². The molecule has 11 heavy (non-hydrogen) atoms. The van der Waals surface area contributed by atoms with Gasteiger partial charge in [-0.2, -0.15) is 0 Å². The van der Waals surface area contributed by atoms with E-state index in [4.69, 9.17) is 0 Å². The number of nitrogens with one attached hydrogen (secondary N) is 1. The van der Waals surface area contributed by atoms with Gasteiger partial charge in [-0.25, -0.2) is 0 Å². The van der Waals surface area contributed by atoms with Crippen LogP contribution in [-0.4, -0.2) is 16.4 Å². The van der Waals surface area contributed by atoms with Gasteiger partial charge < -0.3 is 14.9 Å². The number of aldehydes is 1. The first kappa shape index (κ1) is 8.01. The summed E-state index contributed by atoms with van der Waals surface area (Å²) in [6.45, 7) is 3.68. The highest BCUT2D eigenvalue weighted by Gasteiger charge is 2.12. The highest BCUT2D eigenvalue weighted by molar-refractivity contribution is 5.61. The van der Waals surface area contributed by atoms with Crippen LogP contribution in [0.25, 0.3) is 0 Å². The minimum Gasteiger partial charge on any atom is -0.381 e. The molecule has 0 saturated carbocycles. The van der Waals surface area contributed by atoms with Crippen molar-refractivity contribution in [1.29, 1.82) is 0 Å². The molecule has 1 rings (SSSR count). The molecule has 0 bridgehead atoms. The van der Waals surface area contributed by atoms with Crippen LogP contribution in [0.2, 0.25) is 0 Å². The fourth-order valence-corrected chi connectivity index (χ4v) is 1.19. The molecule has 1 aromatic rings. The molecule has 3 heteroatoms. The summed E-state index contributed by atoms with van der Waals surface area (Å²) in [6.07, 6.45) is 1.32. The number of carbonyl (C=O) groups is 1. The molecule has 1 unspecified atom stereocenters. The average molecular weight is 153 g/mol. The van der Waals surface area contributed by atoms with Gasteiger partial charge in [0, 0.05) is 17.5 Å². The monoisotopic (exact) mass is 153 g/mol. The van der Waals surface area contributed by atoms with Gasteiger partial charge in [0.15, 0.2) is 6.29 Å². The lowest BCUT2D eigenvalue weighted by atomic mass is 10.1. The molecule has 0 aliphatic heterocycles. The molecule has 60 valence electrons. The molecule has 1 atom stereocenters. The minimum atomic E-state index is -0.985. The van der Waals surface area contributed by atoms with Crippen LogP contribution in [0.1, 0.15) is 22.9 Å². The zero-order valence-corrected chi connectivity index (χ0v) is 6.59. The summed E-state index contributed by atoms with van der Waals surface area (Å²) in [5.74, 6) is 0. The molecular weight excluding hydrogens is 142 g/mol. The van der Waals surface area contributed by atoms with Crippen LogP contribution in [-0.2, 0) is 4.79 Å². The van der Waals surface area contributed by atoms with Gasteiger partial charge in [0.2, 0.25) is 0 Å². The molecule has 0 radical (unpaired) electrons. The minimum absolute atomic E-state index is 0.531. The Morgan fingerprint density at radius 2 is 2.27 bits per heavy atom. The predicted octanol–water partition coefficient (Wildman–Crippen LogP) is 0.864. The van der Waals surface area contributed by atoms with Crippen molar-refractivity contribution >= 4 is 6.29 Å². The molecule has 3 nitrogen and oxygen atoms in total. The highest BCUT2D eigenvalue weighted by atomic mass is 16.3. The fourth-order valence-electron chi connectivity index (χ4n) is 1.19. The summed E-state index contributed by atoms with van der Waals surface area (Å²) < 4.78 is 0. The number of hydrogen-bond donors (Lipinski definition) is 2. The third kappa shape index (κ3) is 1.33. The first-order valence-electron chi connectivity index (χ1n) is 3.44. The second-order valence-electron chi connectivity index (χ2n) is 2.59. The van der Waals surface area contributed by atoms with Gasteiger partial charge in [-0.3, -0.25) is 0 Å². The number of hydrogen-bond acceptors (Lipinski definition) is 2. The first-order chi connectivity index (χ1) is 5.16. The summed E-state index contributed by atoms with van der Waals surface area (Å²) in [4.78, 5) is 13.2. The second-order valence-corrected chi connectivity index (χ2v) is 2.59. The van der Waals surface area contributed by atoms with Gasteiger partial charge in [-0.15, -0.1) is 0 Å². The van der Waals surface area contributed by atoms with Gasteiger partial charge in [0.1, 0.15) is 6.10 Å². The van der Waals surface area contributed by atoms with Crippen molar-refractivity contribution in [2.24, 2.45) is 0 Å². The number of aliphatic hydroxyl groups is 1. The molecule has 0 amide bonds. The predicted molar refractivity (Wildman–Crippen MR) is 41.3 cm³/mol. The standard InChI is InChI=1S/C8H11NO2/c1-5-3-9-6(2)8(5)7(11)4-10/h3-4,7,9,11H,1-2H3. The van der Waals surface area contributed by atoms with Crippen LogP contribution in [0, 0.1) is 13.8 Å². The number of aliphatic hydroxyl groups excluding tert-OH is 1. The quantitative estimate of drug-likeness (QED) is 0.619. The number of aromatic nitrogens is 1. The molecule has 0 spiro atoms. The van der Waals surface area contributed by atoms with E-state index < -0.39 is 6.10 Å². The lowest BCUT2D eigenvalue weighted by molar-refractivity contribution is -0.115. The molecule has 1 heterocycles. The van der Waals surface area contributed by atoms with Crippen LogP contribution in [0.15, 0.2) is 6.20 Å². The Kier molecular flexibility index (Phi) is 2.10. The molecule has 2 N–H and O–H groups in total. The molecule has 1 aromatic heterocycles. The first-order valence-corrected chi connectivity index (χ1v) is 3.44. The summed E-state index contributed by atoms with van der Waals surface area (Å²) in [5.41, 5.74) is 2.46. The Hall–Kier alpha value is -1.09. The van der Waals surface area contributed by atoms with Gasteiger partial charge >= 0.3 is 0 Å². The third-order valence-electron chi connectivity index (χ3n) is 1.76. The van der Waals surface area contributed by atoms with Crippen molar-refractivity contribution in [3.63, 3.8) is 0 Å². The van der Waals surface area contributed by atoms with E-state index in [0.29, 0.717) is 11.8 Å². The summed E-state index contributed by atoms with van der Waals surface area (Å²) in [5, 5.41) is 9.19.